The van der Waals surface area contributed by atoms with Crippen LogP contribution in [0, 0.1) is 5.92 Å². The molecule has 0 spiro atoms. The van der Waals surface area contributed by atoms with Crippen molar-refractivity contribution in [3.05, 3.63) is 75.5 Å². The first-order chi connectivity index (χ1) is 17.0. The summed E-state index contributed by atoms with van der Waals surface area (Å²) in [4.78, 5) is 27.4. The minimum absolute atomic E-state index is 0.00860. The number of amides is 1. The molecule has 0 saturated carbocycles. The third kappa shape index (κ3) is 5.95. The van der Waals surface area contributed by atoms with Crippen molar-refractivity contribution >= 4 is 23.3 Å². The number of aromatic nitrogens is 2. The molecule has 0 bridgehead atoms. The molecule has 3 aromatic rings. The number of anilines is 1. The molecular weight excluding hydrogens is 468 g/mol. The minimum atomic E-state index is -0.242. The Morgan fingerprint density at radius 1 is 1.17 bits per heavy atom. The second-order valence-electron chi connectivity index (χ2n) is 8.34. The van der Waals surface area contributed by atoms with E-state index in [1.54, 1.807) is 37.4 Å². The molecule has 9 heteroatoms. The summed E-state index contributed by atoms with van der Waals surface area (Å²) in [5, 5.41) is 8.12. The largest absolute Gasteiger partial charge is 0.493 e. The van der Waals surface area contributed by atoms with Gasteiger partial charge >= 0.3 is 0 Å². The molecule has 35 heavy (non-hydrogen) atoms. The number of benzene rings is 2. The Bertz CT molecular complexity index is 1250. The summed E-state index contributed by atoms with van der Waals surface area (Å²) in [6.45, 7) is 4.16. The quantitative estimate of drug-likeness (QED) is 0.510. The minimum Gasteiger partial charge on any atom is -0.493 e. The zero-order valence-electron chi connectivity index (χ0n) is 19.9. The van der Waals surface area contributed by atoms with Gasteiger partial charge in [0.15, 0.2) is 11.5 Å². The zero-order chi connectivity index (χ0) is 24.8. The second kappa shape index (κ2) is 11.3. The van der Waals surface area contributed by atoms with Crippen LogP contribution in [0.15, 0.2) is 59.4 Å². The molecule has 0 aliphatic carbocycles. The maximum atomic E-state index is 13.0. The number of carbonyl (C=O) groups excluding carboxylic acids is 1. The van der Waals surface area contributed by atoms with Gasteiger partial charge in [-0.05, 0) is 61.7 Å². The SMILES string of the molecule is CCOc1ccc(CNC(=O)C2CCCN(c3ccc(=O)n(-c4cccc(Cl)c4)n3)C2)cc1OC. The Balaban J connectivity index is 1.42. The van der Waals surface area contributed by atoms with E-state index >= 15 is 0 Å². The summed E-state index contributed by atoms with van der Waals surface area (Å²) < 4.78 is 12.3. The molecule has 2 aromatic carbocycles. The molecular formula is C26H29ClN4O4. The first-order valence-corrected chi connectivity index (χ1v) is 12.0. The van der Waals surface area contributed by atoms with Crippen molar-refractivity contribution in [3.8, 4) is 17.2 Å². The highest BCUT2D eigenvalue weighted by atomic mass is 35.5. The Kier molecular flexibility index (Phi) is 7.92. The van der Waals surface area contributed by atoms with Crippen LogP contribution in [-0.4, -0.2) is 42.5 Å². The van der Waals surface area contributed by atoms with E-state index in [-0.39, 0.29) is 17.4 Å². The standard InChI is InChI=1S/C26H29ClN4O4/c1-3-35-22-10-9-18(14-23(22)34-2)16-28-26(33)19-6-5-13-30(17-19)24-11-12-25(32)31(29-24)21-8-4-7-20(27)15-21/h4,7-12,14-15,19H,3,5-6,13,16-17H2,1-2H3,(H,28,33). The normalized spacial score (nSPS) is 15.5. The second-order valence-corrected chi connectivity index (χ2v) is 8.78. The number of ether oxygens (including phenoxy) is 2. The molecule has 1 atom stereocenters. The van der Waals surface area contributed by atoms with E-state index in [0.29, 0.717) is 47.7 Å². The number of rotatable bonds is 8. The molecule has 1 aliphatic rings. The van der Waals surface area contributed by atoms with Gasteiger partial charge in [-0.1, -0.05) is 23.7 Å². The molecule has 2 heterocycles. The lowest BCUT2D eigenvalue weighted by atomic mass is 9.97. The van der Waals surface area contributed by atoms with Crippen LogP contribution in [-0.2, 0) is 11.3 Å². The van der Waals surface area contributed by atoms with Gasteiger partial charge in [0, 0.05) is 30.7 Å². The van der Waals surface area contributed by atoms with Crippen molar-refractivity contribution in [2.24, 2.45) is 5.92 Å². The van der Waals surface area contributed by atoms with Gasteiger partial charge in [0.25, 0.3) is 5.56 Å². The van der Waals surface area contributed by atoms with Gasteiger partial charge in [-0.15, -0.1) is 5.10 Å². The van der Waals surface area contributed by atoms with Crippen LogP contribution in [0.2, 0.25) is 5.02 Å². The number of hydrogen-bond donors (Lipinski definition) is 1. The van der Waals surface area contributed by atoms with E-state index in [4.69, 9.17) is 21.1 Å². The van der Waals surface area contributed by atoms with E-state index < -0.39 is 0 Å². The molecule has 1 aliphatic heterocycles. The molecule has 0 radical (unpaired) electrons. The smallest absolute Gasteiger partial charge is 0.271 e. The fraction of sp³-hybridized carbons (Fsp3) is 0.346. The summed E-state index contributed by atoms with van der Waals surface area (Å²) in [5.74, 6) is 1.79. The van der Waals surface area contributed by atoms with Crippen molar-refractivity contribution in [2.45, 2.75) is 26.3 Å². The van der Waals surface area contributed by atoms with E-state index in [0.717, 1.165) is 24.9 Å². The number of piperidine rings is 1. The zero-order valence-corrected chi connectivity index (χ0v) is 20.6. The van der Waals surface area contributed by atoms with E-state index in [2.05, 4.69) is 10.4 Å². The third-order valence-corrected chi connectivity index (χ3v) is 6.18. The topological polar surface area (TPSA) is 85.7 Å². The Labute approximate surface area is 209 Å². The van der Waals surface area contributed by atoms with Crippen LogP contribution in [0.1, 0.15) is 25.3 Å². The van der Waals surface area contributed by atoms with Gasteiger partial charge in [-0.3, -0.25) is 9.59 Å². The van der Waals surface area contributed by atoms with Gasteiger partial charge in [0.05, 0.1) is 25.3 Å². The average molecular weight is 497 g/mol. The lowest BCUT2D eigenvalue weighted by molar-refractivity contribution is -0.125. The maximum Gasteiger partial charge on any atom is 0.271 e. The lowest BCUT2D eigenvalue weighted by Crippen LogP contribution is -2.43. The summed E-state index contributed by atoms with van der Waals surface area (Å²) >= 11 is 6.09. The summed E-state index contributed by atoms with van der Waals surface area (Å²) in [5.41, 5.74) is 1.29. The maximum absolute atomic E-state index is 13.0. The van der Waals surface area contributed by atoms with Crippen LogP contribution < -0.4 is 25.2 Å². The Hall–Kier alpha value is -3.52. The molecule has 8 nitrogen and oxygen atoms in total. The molecule has 1 fully saturated rings. The van der Waals surface area contributed by atoms with Crippen molar-refractivity contribution in [3.63, 3.8) is 0 Å². The van der Waals surface area contributed by atoms with Gasteiger partial charge < -0.3 is 19.7 Å². The molecule has 1 saturated heterocycles. The molecule has 1 unspecified atom stereocenters. The highest BCUT2D eigenvalue weighted by Gasteiger charge is 2.27. The number of methoxy groups -OCH3 is 1. The molecule has 1 aromatic heterocycles. The first kappa shape index (κ1) is 24.6. The van der Waals surface area contributed by atoms with E-state index in [1.807, 2.05) is 30.0 Å². The third-order valence-electron chi connectivity index (χ3n) is 5.95. The first-order valence-electron chi connectivity index (χ1n) is 11.7. The highest BCUT2D eigenvalue weighted by Crippen LogP contribution is 2.28. The molecule has 1 amide bonds. The van der Waals surface area contributed by atoms with Crippen molar-refractivity contribution in [1.29, 1.82) is 0 Å². The molecule has 184 valence electrons. The molecule has 4 rings (SSSR count). The number of nitrogens with one attached hydrogen (secondary N) is 1. The number of halogens is 1. The van der Waals surface area contributed by atoms with Gasteiger partial charge in [0.2, 0.25) is 5.91 Å². The van der Waals surface area contributed by atoms with Crippen LogP contribution in [0.3, 0.4) is 0 Å². The predicted molar refractivity (Wildman–Crippen MR) is 136 cm³/mol. The average Bonchev–Trinajstić information content (AvgIpc) is 2.88. The number of carbonyl (C=O) groups is 1. The van der Waals surface area contributed by atoms with Crippen molar-refractivity contribution < 1.29 is 14.3 Å². The Morgan fingerprint density at radius 3 is 2.80 bits per heavy atom. The predicted octanol–water partition coefficient (Wildman–Crippen LogP) is 3.83. The fourth-order valence-electron chi connectivity index (χ4n) is 4.19. The van der Waals surface area contributed by atoms with Crippen LogP contribution in [0.25, 0.3) is 5.69 Å². The summed E-state index contributed by atoms with van der Waals surface area (Å²) in [6, 6.07) is 15.9. The monoisotopic (exact) mass is 496 g/mol. The van der Waals surface area contributed by atoms with Gasteiger partial charge in [-0.2, -0.15) is 4.68 Å². The van der Waals surface area contributed by atoms with E-state index in [1.165, 1.54) is 10.7 Å². The van der Waals surface area contributed by atoms with Gasteiger partial charge in [0.1, 0.15) is 5.82 Å². The van der Waals surface area contributed by atoms with Crippen LogP contribution in [0.5, 0.6) is 11.5 Å². The summed E-state index contributed by atoms with van der Waals surface area (Å²) in [6.07, 6.45) is 1.65. The fourth-order valence-corrected chi connectivity index (χ4v) is 4.38. The number of nitrogens with zero attached hydrogens (tertiary/aromatic N) is 3. The highest BCUT2D eigenvalue weighted by molar-refractivity contribution is 6.30. The van der Waals surface area contributed by atoms with E-state index in [9.17, 15) is 9.59 Å². The van der Waals surface area contributed by atoms with Crippen molar-refractivity contribution in [2.75, 3.05) is 31.7 Å². The van der Waals surface area contributed by atoms with Crippen molar-refractivity contribution in [1.82, 2.24) is 15.1 Å². The number of hydrogen-bond acceptors (Lipinski definition) is 6. The molecule has 1 N–H and O–H groups in total. The Morgan fingerprint density at radius 2 is 2.03 bits per heavy atom. The summed E-state index contributed by atoms with van der Waals surface area (Å²) in [7, 11) is 1.60. The lowest BCUT2D eigenvalue weighted by Gasteiger charge is -2.33. The van der Waals surface area contributed by atoms with Crippen LogP contribution >= 0.6 is 11.6 Å². The van der Waals surface area contributed by atoms with Gasteiger partial charge in [-0.25, -0.2) is 0 Å². The van der Waals surface area contributed by atoms with Crippen LogP contribution in [0.4, 0.5) is 5.82 Å².